The number of fused-ring (bicyclic) bond motifs is 1. The van der Waals surface area contributed by atoms with Crippen molar-refractivity contribution in [2.45, 2.75) is 44.4 Å². The molecular formula is C15H19Cl2N3O4. The van der Waals surface area contributed by atoms with E-state index in [0.29, 0.717) is 27.0 Å². The van der Waals surface area contributed by atoms with Crippen molar-refractivity contribution in [3.05, 3.63) is 22.2 Å². The standard InChI is InChI=1S/C15H19Cl2N3O4/c1-6(2)18-15-19-9-3-7(16)8(17)4-10(9)20(15)14-13(23)12(22)11(21)5-24-14/h3-4,6,11-14,21-23H,5H2,1-2H3,(H,18,19)/t11-,12+,13-,14+/m0/s1. The second-order valence-corrected chi connectivity index (χ2v) is 6.95. The second-order valence-electron chi connectivity index (χ2n) is 6.13. The molecule has 24 heavy (non-hydrogen) atoms. The first kappa shape index (κ1) is 17.7. The van der Waals surface area contributed by atoms with Crippen LogP contribution in [0, 0.1) is 0 Å². The fourth-order valence-electron chi connectivity index (χ4n) is 2.73. The maximum Gasteiger partial charge on any atom is 0.206 e. The summed E-state index contributed by atoms with van der Waals surface area (Å²) in [4.78, 5) is 4.48. The largest absolute Gasteiger partial charge is 0.388 e. The lowest BCUT2D eigenvalue weighted by molar-refractivity contribution is -0.209. The number of aromatic nitrogens is 2. The molecule has 4 N–H and O–H groups in total. The molecule has 1 aromatic carbocycles. The van der Waals surface area contributed by atoms with E-state index in [4.69, 9.17) is 27.9 Å². The Labute approximate surface area is 148 Å². The van der Waals surface area contributed by atoms with Gasteiger partial charge in [0, 0.05) is 6.04 Å². The van der Waals surface area contributed by atoms with Gasteiger partial charge in [-0.15, -0.1) is 0 Å². The number of rotatable bonds is 3. The molecule has 9 heteroatoms. The number of aliphatic hydroxyl groups excluding tert-OH is 3. The lowest BCUT2D eigenvalue weighted by Gasteiger charge is -2.36. The Balaban J connectivity index is 2.15. The molecule has 0 radical (unpaired) electrons. The Kier molecular flexibility index (Phi) is 4.92. The van der Waals surface area contributed by atoms with Gasteiger partial charge in [-0.1, -0.05) is 23.2 Å². The van der Waals surface area contributed by atoms with Gasteiger partial charge in [0.05, 0.1) is 27.7 Å². The number of ether oxygens (including phenoxy) is 1. The average molecular weight is 376 g/mol. The van der Waals surface area contributed by atoms with Crippen molar-refractivity contribution in [2.75, 3.05) is 11.9 Å². The third kappa shape index (κ3) is 3.08. The summed E-state index contributed by atoms with van der Waals surface area (Å²) >= 11 is 12.2. The van der Waals surface area contributed by atoms with Gasteiger partial charge in [0.15, 0.2) is 6.23 Å². The first-order valence-corrected chi connectivity index (χ1v) is 8.34. The van der Waals surface area contributed by atoms with E-state index in [1.54, 1.807) is 16.7 Å². The molecule has 0 spiro atoms. The fourth-order valence-corrected chi connectivity index (χ4v) is 3.04. The topological polar surface area (TPSA) is 99.8 Å². The number of imidazole rings is 1. The summed E-state index contributed by atoms with van der Waals surface area (Å²) < 4.78 is 7.19. The number of hydrogen-bond acceptors (Lipinski definition) is 6. The van der Waals surface area contributed by atoms with Crippen molar-refractivity contribution in [3.8, 4) is 0 Å². The Morgan fingerprint density at radius 2 is 1.88 bits per heavy atom. The smallest absolute Gasteiger partial charge is 0.206 e. The van der Waals surface area contributed by atoms with E-state index in [-0.39, 0.29) is 12.6 Å². The molecule has 2 aromatic rings. The highest BCUT2D eigenvalue weighted by Crippen LogP contribution is 2.35. The molecule has 0 bridgehead atoms. The van der Waals surface area contributed by atoms with Crippen molar-refractivity contribution in [2.24, 2.45) is 0 Å². The van der Waals surface area contributed by atoms with Crippen LogP contribution in [-0.2, 0) is 4.74 Å². The van der Waals surface area contributed by atoms with Crippen molar-refractivity contribution < 1.29 is 20.1 Å². The lowest BCUT2D eigenvalue weighted by atomic mass is 10.0. The minimum absolute atomic E-state index is 0.0720. The van der Waals surface area contributed by atoms with E-state index < -0.39 is 24.5 Å². The number of aliphatic hydroxyl groups is 3. The molecule has 2 heterocycles. The molecule has 7 nitrogen and oxygen atoms in total. The van der Waals surface area contributed by atoms with Crippen LogP contribution < -0.4 is 5.32 Å². The van der Waals surface area contributed by atoms with E-state index in [1.807, 2.05) is 13.8 Å². The van der Waals surface area contributed by atoms with Crippen LogP contribution in [0.5, 0.6) is 0 Å². The fraction of sp³-hybridized carbons (Fsp3) is 0.533. The van der Waals surface area contributed by atoms with Crippen LogP contribution in [0.25, 0.3) is 11.0 Å². The third-order valence-electron chi connectivity index (χ3n) is 3.88. The predicted octanol–water partition coefficient (Wildman–Crippen LogP) is 1.77. The zero-order chi connectivity index (χ0) is 17.6. The summed E-state index contributed by atoms with van der Waals surface area (Å²) in [7, 11) is 0. The van der Waals surface area contributed by atoms with E-state index >= 15 is 0 Å². The number of hydrogen-bond donors (Lipinski definition) is 4. The van der Waals surface area contributed by atoms with Crippen LogP contribution in [0.1, 0.15) is 20.1 Å². The molecule has 0 saturated carbocycles. The third-order valence-corrected chi connectivity index (χ3v) is 4.60. The zero-order valence-corrected chi connectivity index (χ0v) is 14.7. The normalized spacial score (nSPS) is 27.8. The number of halogens is 2. The highest BCUT2D eigenvalue weighted by Gasteiger charge is 2.40. The molecule has 0 unspecified atom stereocenters. The Morgan fingerprint density at radius 1 is 1.21 bits per heavy atom. The first-order chi connectivity index (χ1) is 11.3. The van der Waals surface area contributed by atoms with Gasteiger partial charge in [-0.25, -0.2) is 4.98 Å². The monoisotopic (exact) mass is 375 g/mol. The Morgan fingerprint density at radius 3 is 2.54 bits per heavy atom. The van der Waals surface area contributed by atoms with Crippen LogP contribution in [0.15, 0.2) is 12.1 Å². The molecule has 1 saturated heterocycles. The highest BCUT2D eigenvalue weighted by molar-refractivity contribution is 6.42. The molecular weight excluding hydrogens is 357 g/mol. The molecule has 1 fully saturated rings. The first-order valence-electron chi connectivity index (χ1n) is 7.59. The van der Waals surface area contributed by atoms with Gasteiger partial charge in [0.25, 0.3) is 0 Å². The molecule has 0 amide bonds. The van der Waals surface area contributed by atoms with Crippen LogP contribution in [0.3, 0.4) is 0 Å². The van der Waals surface area contributed by atoms with Gasteiger partial charge in [-0.05, 0) is 26.0 Å². The van der Waals surface area contributed by atoms with E-state index in [2.05, 4.69) is 10.3 Å². The molecule has 0 aliphatic carbocycles. The minimum Gasteiger partial charge on any atom is -0.388 e. The summed E-state index contributed by atoms with van der Waals surface area (Å²) in [6.07, 6.45) is -4.72. The van der Waals surface area contributed by atoms with Crippen molar-refractivity contribution >= 4 is 40.2 Å². The second kappa shape index (κ2) is 6.67. The summed E-state index contributed by atoms with van der Waals surface area (Å²) in [6, 6.07) is 3.33. The minimum atomic E-state index is -1.33. The van der Waals surface area contributed by atoms with Crippen molar-refractivity contribution in [1.29, 1.82) is 0 Å². The van der Waals surface area contributed by atoms with Gasteiger partial charge in [-0.2, -0.15) is 0 Å². The SMILES string of the molecule is CC(C)Nc1nc2cc(Cl)c(Cl)cc2n1[C@@H]1OC[C@H](O)[C@@H](O)[C@@H]1O. The summed E-state index contributed by atoms with van der Waals surface area (Å²) in [6.45, 7) is 3.78. The predicted molar refractivity (Wildman–Crippen MR) is 91.5 cm³/mol. The number of nitrogens with zero attached hydrogens (tertiary/aromatic N) is 2. The Bertz CT molecular complexity index is 752. The highest BCUT2D eigenvalue weighted by atomic mass is 35.5. The van der Waals surface area contributed by atoms with Gasteiger partial charge < -0.3 is 25.4 Å². The molecule has 4 atom stereocenters. The van der Waals surface area contributed by atoms with Crippen LogP contribution in [-0.4, -0.2) is 55.8 Å². The number of benzene rings is 1. The van der Waals surface area contributed by atoms with Crippen molar-refractivity contribution in [3.63, 3.8) is 0 Å². The number of nitrogens with one attached hydrogen (secondary N) is 1. The average Bonchev–Trinajstić information content (AvgIpc) is 2.82. The molecule has 3 rings (SSSR count). The van der Waals surface area contributed by atoms with Gasteiger partial charge in [0.2, 0.25) is 5.95 Å². The van der Waals surface area contributed by atoms with Crippen LogP contribution in [0.4, 0.5) is 5.95 Å². The maximum atomic E-state index is 10.4. The molecule has 1 aliphatic heterocycles. The van der Waals surface area contributed by atoms with Gasteiger partial charge in [0.1, 0.15) is 18.3 Å². The van der Waals surface area contributed by atoms with Gasteiger partial charge in [-0.3, -0.25) is 4.57 Å². The molecule has 132 valence electrons. The number of anilines is 1. The zero-order valence-electron chi connectivity index (χ0n) is 13.1. The molecule has 1 aromatic heterocycles. The van der Waals surface area contributed by atoms with Crippen molar-refractivity contribution in [1.82, 2.24) is 9.55 Å². The van der Waals surface area contributed by atoms with E-state index in [0.717, 1.165) is 0 Å². The van der Waals surface area contributed by atoms with Crippen LogP contribution in [0.2, 0.25) is 10.0 Å². The summed E-state index contributed by atoms with van der Waals surface area (Å²) in [5.41, 5.74) is 1.17. The lowest BCUT2D eigenvalue weighted by Crippen LogP contribution is -2.50. The van der Waals surface area contributed by atoms with E-state index in [1.165, 1.54) is 0 Å². The Hall–Kier alpha value is -1.09. The maximum absolute atomic E-state index is 10.4. The van der Waals surface area contributed by atoms with Crippen LogP contribution >= 0.6 is 23.2 Å². The summed E-state index contributed by atoms with van der Waals surface area (Å²) in [5, 5.41) is 33.9. The molecule has 1 aliphatic rings. The van der Waals surface area contributed by atoms with Gasteiger partial charge >= 0.3 is 0 Å². The quantitative estimate of drug-likeness (QED) is 0.652. The van der Waals surface area contributed by atoms with E-state index in [9.17, 15) is 15.3 Å². The summed E-state index contributed by atoms with van der Waals surface area (Å²) in [5.74, 6) is 0.450.